The Morgan fingerprint density at radius 1 is 0.714 bits per heavy atom. The molecule has 7 rings (SSSR count). The van der Waals surface area contributed by atoms with Crippen LogP contribution in [0.3, 0.4) is 0 Å². The van der Waals surface area contributed by atoms with Gasteiger partial charge in [-0.05, 0) is 84.7 Å². The van der Waals surface area contributed by atoms with Crippen LogP contribution in [0.1, 0.15) is 46.8 Å². The molecule has 0 saturated carbocycles. The van der Waals surface area contributed by atoms with Crippen LogP contribution in [0.15, 0.2) is 64.6 Å². The van der Waals surface area contributed by atoms with E-state index in [1.54, 1.807) is 21.3 Å². The summed E-state index contributed by atoms with van der Waals surface area (Å²) in [5.41, 5.74) is 10.0. The van der Waals surface area contributed by atoms with Crippen molar-refractivity contribution in [3.05, 3.63) is 82.7 Å². The normalized spacial score (nSPS) is 14.5. The van der Waals surface area contributed by atoms with Crippen molar-refractivity contribution in [1.82, 2.24) is 9.97 Å². The lowest BCUT2D eigenvalue weighted by Gasteiger charge is -2.23. The van der Waals surface area contributed by atoms with Gasteiger partial charge in [-0.15, -0.1) is 0 Å². The minimum atomic E-state index is 0.0260. The van der Waals surface area contributed by atoms with Gasteiger partial charge in [-0.25, -0.2) is 0 Å². The smallest absolute Gasteiger partial charge is 0.160 e. The van der Waals surface area contributed by atoms with Crippen LogP contribution >= 0.6 is 0 Å². The molecule has 4 heterocycles. The van der Waals surface area contributed by atoms with E-state index in [1.165, 1.54) is 21.9 Å². The first kappa shape index (κ1) is 26.2. The molecule has 8 heteroatoms. The number of nitrogens with zero attached hydrogens (tertiary/aromatic N) is 2. The Morgan fingerprint density at radius 3 is 1.74 bits per heavy atom. The number of H-pyrrole nitrogens is 2. The fraction of sp³-hybridized carbons (Fsp3) is 0.294. The monoisotopic (exact) mass is 562 g/mol. The van der Waals surface area contributed by atoms with Gasteiger partial charge in [0.15, 0.2) is 11.5 Å². The largest absolute Gasteiger partial charge is 0.504 e. The standard InChI is InChI=1S/C34H34N4O4/c1-40-21-5-7-23-25-10-12-35-29(33(25)37-27(23)17-21)14-20(19-4-9-32(42-3)31(39)16-19)15-30-34-26(11-13-36-30)24-8-6-22(41-2)18-28(24)38-34/h4-9,16-18,20,37-39H,10-15H2,1-3H3. The number of benzene rings is 3. The van der Waals surface area contributed by atoms with E-state index in [2.05, 4.69) is 22.1 Å². The van der Waals surface area contributed by atoms with E-state index >= 15 is 0 Å². The molecule has 8 nitrogen and oxygen atoms in total. The highest BCUT2D eigenvalue weighted by atomic mass is 16.5. The summed E-state index contributed by atoms with van der Waals surface area (Å²) < 4.78 is 16.3. The number of hydrogen-bond donors (Lipinski definition) is 3. The molecule has 0 atom stereocenters. The Morgan fingerprint density at radius 2 is 1.26 bits per heavy atom. The Kier molecular flexibility index (Phi) is 6.61. The van der Waals surface area contributed by atoms with Gasteiger partial charge in [0.05, 0.1) is 44.1 Å². The molecular weight excluding hydrogens is 528 g/mol. The number of aromatic amines is 2. The number of aromatic nitrogens is 2. The van der Waals surface area contributed by atoms with E-state index in [-0.39, 0.29) is 11.7 Å². The van der Waals surface area contributed by atoms with Gasteiger partial charge in [0.1, 0.15) is 11.5 Å². The molecule has 0 amide bonds. The number of aromatic hydroxyl groups is 1. The van der Waals surface area contributed by atoms with Crippen LogP contribution in [0.2, 0.25) is 0 Å². The van der Waals surface area contributed by atoms with E-state index in [9.17, 15) is 5.11 Å². The quantitative estimate of drug-likeness (QED) is 0.205. The highest BCUT2D eigenvalue weighted by molar-refractivity contribution is 6.09. The summed E-state index contributed by atoms with van der Waals surface area (Å²) in [7, 11) is 4.95. The molecule has 0 spiro atoms. The van der Waals surface area contributed by atoms with Gasteiger partial charge in [-0.1, -0.05) is 6.07 Å². The Hall–Kier alpha value is -4.72. The van der Waals surface area contributed by atoms with Gasteiger partial charge in [-0.2, -0.15) is 0 Å². The maximum absolute atomic E-state index is 10.7. The van der Waals surface area contributed by atoms with Crippen molar-refractivity contribution in [2.45, 2.75) is 31.6 Å². The molecule has 0 fully saturated rings. The molecule has 5 aromatic rings. The third-order valence-corrected chi connectivity index (χ3v) is 8.69. The first-order chi connectivity index (χ1) is 20.6. The van der Waals surface area contributed by atoms with Crippen LogP contribution in [0, 0.1) is 0 Å². The van der Waals surface area contributed by atoms with Gasteiger partial charge < -0.3 is 29.3 Å². The number of phenolic OH excluding ortho intramolecular Hbond substituents is 1. The van der Waals surface area contributed by atoms with Crippen LogP contribution in [-0.2, 0) is 12.8 Å². The van der Waals surface area contributed by atoms with Gasteiger partial charge >= 0.3 is 0 Å². The molecule has 2 aliphatic rings. The lowest BCUT2D eigenvalue weighted by atomic mass is 9.84. The average Bonchev–Trinajstić information content (AvgIpc) is 3.59. The molecule has 2 aliphatic heterocycles. The van der Waals surface area contributed by atoms with Crippen molar-refractivity contribution < 1.29 is 19.3 Å². The molecule has 0 aliphatic carbocycles. The summed E-state index contributed by atoms with van der Waals surface area (Å²) in [6.45, 7) is 1.49. The number of rotatable bonds is 8. The van der Waals surface area contributed by atoms with E-state index in [4.69, 9.17) is 24.2 Å². The van der Waals surface area contributed by atoms with Crippen molar-refractivity contribution in [1.29, 1.82) is 0 Å². The fourth-order valence-corrected chi connectivity index (χ4v) is 6.57. The molecule has 214 valence electrons. The molecule has 0 unspecified atom stereocenters. The van der Waals surface area contributed by atoms with E-state index in [1.807, 2.05) is 42.5 Å². The number of ether oxygens (including phenoxy) is 3. The molecule has 42 heavy (non-hydrogen) atoms. The summed E-state index contributed by atoms with van der Waals surface area (Å²) in [4.78, 5) is 17.3. The second-order valence-corrected chi connectivity index (χ2v) is 11.0. The number of nitrogens with one attached hydrogen (secondary N) is 2. The van der Waals surface area contributed by atoms with Crippen LogP contribution in [0.4, 0.5) is 0 Å². The van der Waals surface area contributed by atoms with Gasteiger partial charge in [-0.3, -0.25) is 9.98 Å². The number of hydrogen-bond acceptors (Lipinski definition) is 6. The first-order valence-corrected chi connectivity index (χ1v) is 14.4. The molecule has 2 aromatic heterocycles. The van der Waals surface area contributed by atoms with Crippen molar-refractivity contribution >= 4 is 33.2 Å². The van der Waals surface area contributed by atoms with Crippen LogP contribution in [0.25, 0.3) is 21.8 Å². The third kappa shape index (κ3) is 4.47. The number of phenols is 1. The minimum Gasteiger partial charge on any atom is -0.504 e. The first-order valence-electron chi connectivity index (χ1n) is 14.4. The van der Waals surface area contributed by atoms with Gasteiger partial charge in [0.2, 0.25) is 0 Å². The summed E-state index contributed by atoms with van der Waals surface area (Å²) in [5, 5.41) is 13.2. The summed E-state index contributed by atoms with van der Waals surface area (Å²) in [5.74, 6) is 2.27. The van der Waals surface area contributed by atoms with Gasteiger partial charge in [0, 0.05) is 47.0 Å². The van der Waals surface area contributed by atoms with Crippen molar-refractivity contribution in [3.8, 4) is 23.0 Å². The van der Waals surface area contributed by atoms with Crippen LogP contribution in [-0.4, -0.2) is 60.9 Å². The lowest BCUT2D eigenvalue weighted by Crippen LogP contribution is -2.20. The number of fused-ring (bicyclic) bond motifs is 6. The minimum absolute atomic E-state index is 0.0260. The van der Waals surface area contributed by atoms with Crippen molar-refractivity contribution in [3.63, 3.8) is 0 Å². The summed E-state index contributed by atoms with van der Waals surface area (Å²) in [6.07, 6.45) is 3.19. The molecule has 0 radical (unpaired) electrons. The second kappa shape index (κ2) is 10.6. The zero-order chi connectivity index (χ0) is 28.8. The molecule has 3 aromatic carbocycles. The Balaban J connectivity index is 1.27. The van der Waals surface area contributed by atoms with E-state index in [0.29, 0.717) is 18.6 Å². The summed E-state index contributed by atoms with van der Waals surface area (Å²) >= 11 is 0. The predicted molar refractivity (Wildman–Crippen MR) is 167 cm³/mol. The zero-order valence-electron chi connectivity index (χ0n) is 24.1. The van der Waals surface area contributed by atoms with Crippen molar-refractivity contribution in [2.75, 3.05) is 34.4 Å². The highest BCUT2D eigenvalue weighted by Gasteiger charge is 2.28. The van der Waals surface area contributed by atoms with E-state index < -0.39 is 0 Å². The second-order valence-electron chi connectivity index (χ2n) is 11.0. The topological polar surface area (TPSA) is 104 Å². The predicted octanol–water partition coefficient (Wildman–Crippen LogP) is 6.34. The maximum atomic E-state index is 10.7. The average molecular weight is 563 g/mol. The molecule has 0 bridgehead atoms. The zero-order valence-corrected chi connectivity index (χ0v) is 24.1. The molecular formula is C34H34N4O4. The van der Waals surface area contributed by atoms with Crippen LogP contribution in [0.5, 0.6) is 23.0 Å². The Labute approximate surface area is 244 Å². The lowest BCUT2D eigenvalue weighted by molar-refractivity contribution is 0.373. The van der Waals surface area contributed by atoms with Crippen LogP contribution < -0.4 is 14.2 Å². The molecule has 0 saturated heterocycles. The van der Waals surface area contributed by atoms with E-state index in [0.717, 1.165) is 76.8 Å². The Bertz CT molecular complexity index is 1770. The number of methoxy groups -OCH3 is 3. The van der Waals surface area contributed by atoms with Crippen molar-refractivity contribution in [2.24, 2.45) is 9.98 Å². The molecule has 3 N–H and O–H groups in total. The van der Waals surface area contributed by atoms with Gasteiger partial charge in [0.25, 0.3) is 0 Å². The summed E-state index contributed by atoms with van der Waals surface area (Å²) in [6, 6.07) is 18.1. The third-order valence-electron chi connectivity index (χ3n) is 8.69. The maximum Gasteiger partial charge on any atom is 0.160 e. The number of aliphatic imine (C=N–C) groups is 2. The SMILES string of the molecule is COc1ccc2c3c([nH]c2c1)C(CC(CC1=NCCc2c1[nH]c1cc(OC)ccc21)c1ccc(OC)c(O)c1)=NCC3. The fourth-order valence-electron chi connectivity index (χ4n) is 6.57. The highest BCUT2D eigenvalue weighted by Crippen LogP contribution is 2.38.